The van der Waals surface area contributed by atoms with Gasteiger partial charge in [-0.2, -0.15) is 0 Å². The number of hydrogen-bond donors (Lipinski definition) is 0. The average molecular weight is 359 g/mol. The topological polar surface area (TPSA) is 37.4 Å². The number of rotatable bonds is 6. The van der Waals surface area contributed by atoms with Gasteiger partial charge in [0.15, 0.2) is 11.6 Å². The molecule has 0 radical (unpaired) electrons. The van der Waals surface area contributed by atoms with Crippen molar-refractivity contribution in [1.82, 2.24) is 0 Å². The van der Waals surface area contributed by atoms with E-state index in [9.17, 15) is 9.59 Å². The lowest BCUT2D eigenvalue weighted by atomic mass is 9.79. The number of anilines is 1. The first-order chi connectivity index (χ1) is 13.1. The normalized spacial score (nSPS) is 14.6. The molecule has 0 saturated heterocycles. The summed E-state index contributed by atoms with van der Waals surface area (Å²) in [6.45, 7) is 5.76. The number of Topliss-reactive ketones (excluding diaryl/α,β-unsaturated/α-hetero) is 2. The van der Waals surface area contributed by atoms with Crippen LogP contribution in [0.25, 0.3) is 0 Å². The van der Waals surface area contributed by atoms with E-state index in [-0.39, 0.29) is 17.5 Å². The van der Waals surface area contributed by atoms with Gasteiger partial charge in [-0.3, -0.25) is 9.59 Å². The molecule has 0 spiro atoms. The molecule has 0 saturated carbocycles. The molecule has 2 aromatic rings. The van der Waals surface area contributed by atoms with E-state index in [0.29, 0.717) is 24.0 Å². The van der Waals surface area contributed by atoms with Crippen molar-refractivity contribution >= 4 is 17.3 Å². The molecule has 1 aliphatic heterocycles. The van der Waals surface area contributed by atoms with Gasteiger partial charge in [0.25, 0.3) is 0 Å². The fourth-order valence-corrected chi connectivity index (χ4v) is 3.52. The molecule has 0 amide bonds. The number of carbonyl (C=O) groups is 2. The van der Waals surface area contributed by atoms with Gasteiger partial charge in [0, 0.05) is 48.0 Å². The molecular weight excluding hydrogens is 334 g/mol. The summed E-state index contributed by atoms with van der Waals surface area (Å²) in [5.41, 5.74) is 4.39. The molecule has 3 rings (SSSR count). The molecule has 0 N–H and O–H groups in total. The summed E-state index contributed by atoms with van der Waals surface area (Å²) in [7, 11) is 0. The standard InChI is InChI=1S/C24H25NO2/c1-4-22(26)19-15-25(21-14-10-9-11-17(21)3)16-20(23(27)5-2)24(19)18-12-7-6-8-13-18/h6-16,24H,4-5H2,1-3H3. The first-order valence-electron chi connectivity index (χ1n) is 9.45. The van der Waals surface area contributed by atoms with Crippen LogP contribution in [0.2, 0.25) is 0 Å². The van der Waals surface area contributed by atoms with Gasteiger partial charge in [-0.1, -0.05) is 62.4 Å². The molecule has 0 bridgehead atoms. The molecule has 1 heterocycles. The summed E-state index contributed by atoms with van der Waals surface area (Å²) in [6, 6.07) is 17.8. The Hall–Kier alpha value is -2.94. The molecule has 3 nitrogen and oxygen atoms in total. The zero-order valence-corrected chi connectivity index (χ0v) is 16.1. The molecule has 0 unspecified atom stereocenters. The SMILES string of the molecule is CCC(=O)C1=CN(c2ccccc2C)C=C(C(=O)CC)C1c1ccccc1. The van der Waals surface area contributed by atoms with Gasteiger partial charge >= 0.3 is 0 Å². The van der Waals surface area contributed by atoms with Crippen molar-refractivity contribution in [3.63, 3.8) is 0 Å². The Kier molecular flexibility index (Phi) is 5.70. The third-order valence-corrected chi connectivity index (χ3v) is 4.99. The van der Waals surface area contributed by atoms with E-state index in [1.807, 2.05) is 92.7 Å². The summed E-state index contributed by atoms with van der Waals surface area (Å²) < 4.78 is 0. The minimum atomic E-state index is -0.314. The van der Waals surface area contributed by atoms with Crippen LogP contribution in [-0.2, 0) is 9.59 Å². The number of allylic oxidation sites excluding steroid dienone is 2. The maximum atomic E-state index is 12.8. The minimum Gasteiger partial charge on any atom is -0.323 e. The van der Waals surface area contributed by atoms with Crippen LogP contribution in [0.5, 0.6) is 0 Å². The molecular formula is C24H25NO2. The van der Waals surface area contributed by atoms with Crippen molar-refractivity contribution in [2.24, 2.45) is 0 Å². The van der Waals surface area contributed by atoms with E-state index in [2.05, 4.69) is 0 Å². The predicted molar refractivity (Wildman–Crippen MR) is 110 cm³/mol. The van der Waals surface area contributed by atoms with Gasteiger partial charge in [-0.05, 0) is 24.1 Å². The molecule has 138 valence electrons. The summed E-state index contributed by atoms with van der Waals surface area (Å²) in [5, 5.41) is 0. The highest BCUT2D eigenvalue weighted by Crippen LogP contribution is 2.39. The molecule has 3 heteroatoms. The molecule has 0 atom stereocenters. The smallest absolute Gasteiger partial charge is 0.161 e. The number of hydrogen-bond acceptors (Lipinski definition) is 3. The van der Waals surface area contributed by atoms with E-state index in [4.69, 9.17) is 0 Å². The van der Waals surface area contributed by atoms with Crippen molar-refractivity contribution in [3.8, 4) is 0 Å². The van der Waals surface area contributed by atoms with Crippen molar-refractivity contribution in [2.75, 3.05) is 4.90 Å². The zero-order valence-electron chi connectivity index (χ0n) is 16.1. The summed E-state index contributed by atoms with van der Waals surface area (Å²) >= 11 is 0. The summed E-state index contributed by atoms with van der Waals surface area (Å²) in [6.07, 6.45) is 4.62. The Morgan fingerprint density at radius 2 is 1.33 bits per heavy atom. The minimum absolute atomic E-state index is 0.0666. The zero-order chi connectivity index (χ0) is 19.4. The maximum Gasteiger partial charge on any atom is 0.161 e. The first-order valence-corrected chi connectivity index (χ1v) is 9.45. The van der Waals surface area contributed by atoms with Crippen molar-refractivity contribution in [1.29, 1.82) is 0 Å². The van der Waals surface area contributed by atoms with Gasteiger partial charge in [-0.25, -0.2) is 0 Å². The monoisotopic (exact) mass is 359 g/mol. The van der Waals surface area contributed by atoms with E-state index in [0.717, 1.165) is 16.8 Å². The van der Waals surface area contributed by atoms with Crippen LogP contribution in [0.4, 0.5) is 5.69 Å². The van der Waals surface area contributed by atoms with Gasteiger partial charge in [0.2, 0.25) is 0 Å². The first kappa shape index (κ1) is 18.8. The molecule has 1 aliphatic rings. The lowest BCUT2D eigenvalue weighted by molar-refractivity contribution is -0.115. The van der Waals surface area contributed by atoms with Crippen LogP contribution < -0.4 is 4.90 Å². The second kappa shape index (κ2) is 8.17. The van der Waals surface area contributed by atoms with Crippen LogP contribution in [0.3, 0.4) is 0 Å². The van der Waals surface area contributed by atoms with E-state index < -0.39 is 0 Å². The second-order valence-electron chi connectivity index (χ2n) is 6.76. The Labute approximate surface area is 161 Å². The Morgan fingerprint density at radius 3 is 1.85 bits per heavy atom. The highest BCUT2D eigenvalue weighted by atomic mass is 16.1. The quantitative estimate of drug-likeness (QED) is 0.700. The van der Waals surface area contributed by atoms with Gasteiger partial charge in [0.05, 0.1) is 0 Å². The predicted octanol–water partition coefficient (Wildman–Crippen LogP) is 5.32. The number of nitrogens with zero attached hydrogens (tertiary/aromatic N) is 1. The molecule has 0 aliphatic carbocycles. The number of benzene rings is 2. The Bertz CT molecular complexity index is 875. The van der Waals surface area contributed by atoms with Crippen molar-refractivity contribution in [2.45, 2.75) is 39.5 Å². The van der Waals surface area contributed by atoms with Gasteiger partial charge in [0.1, 0.15) is 0 Å². The molecule has 2 aromatic carbocycles. The highest BCUT2D eigenvalue weighted by Gasteiger charge is 2.32. The number of aryl methyl sites for hydroxylation is 1. The number of para-hydroxylation sites is 1. The Morgan fingerprint density at radius 1 is 0.815 bits per heavy atom. The largest absolute Gasteiger partial charge is 0.323 e. The average Bonchev–Trinajstić information content (AvgIpc) is 2.72. The fraction of sp³-hybridized carbons (Fsp3) is 0.250. The Balaban J connectivity index is 2.19. The van der Waals surface area contributed by atoms with Crippen LogP contribution in [0.15, 0.2) is 78.1 Å². The van der Waals surface area contributed by atoms with Crippen LogP contribution >= 0.6 is 0 Å². The molecule has 27 heavy (non-hydrogen) atoms. The van der Waals surface area contributed by atoms with E-state index in [1.165, 1.54) is 0 Å². The molecule has 0 aromatic heterocycles. The summed E-state index contributed by atoms with van der Waals surface area (Å²) in [4.78, 5) is 27.6. The van der Waals surface area contributed by atoms with E-state index in [1.54, 1.807) is 0 Å². The fourth-order valence-electron chi connectivity index (χ4n) is 3.52. The third-order valence-electron chi connectivity index (χ3n) is 4.99. The maximum absolute atomic E-state index is 12.8. The molecule has 0 fully saturated rings. The number of carbonyl (C=O) groups excluding carboxylic acids is 2. The third kappa shape index (κ3) is 3.77. The summed E-state index contributed by atoms with van der Waals surface area (Å²) in [5.74, 6) is -0.180. The van der Waals surface area contributed by atoms with Gasteiger partial charge in [-0.15, -0.1) is 0 Å². The highest BCUT2D eigenvalue weighted by molar-refractivity contribution is 6.05. The van der Waals surface area contributed by atoms with Crippen LogP contribution in [0, 0.1) is 6.92 Å². The van der Waals surface area contributed by atoms with Crippen LogP contribution in [-0.4, -0.2) is 11.6 Å². The lowest BCUT2D eigenvalue weighted by Gasteiger charge is -2.31. The van der Waals surface area contributed by atoms with Crippen LogP contribution in [0.1, 0.15) is 43.7 Å². The van der Waals surface area contributed by atoms with E-state index >= 15 is 0 Å². The van der Waals surface area contributed by atoms with Crippen molar-refractivity contribution < 1.29 is 9.59 Å². The van der Waals surface area contributed by atoms with Gasteiger partial charge < -0.3 is 4.90 Å². The van der Waals surface area contributed by atoms with Crippen molar-refractivity contribution in [3.05, 3.63) is 89.3 Å². The lowest BCUT2D eigenvalue weighted by Crippen LogP contribution is -2.27. The number of ketones is 2. The second-order valence-corrected chi connectivity index (χ2v) is 6.76.